The first kappa shape index (κ1) is 26.4. The van der Waals surface area contributed by atoms with E-state index in [9.17, 15) is 9.59 Å². The number of aromatic nitrogens is 2. The van der Waals surface area contributed by atoms with E-state index in [4.69, 9.17) is 27.8 Å². The summed E-state index contributed by atoms with van der Waals surface area (Å²) in [6.45, 7) is 12.9. The molecule has 1 saturated heterocycles. The van der Waals surface area contributed by atoms with Crippen LogP contribution < -0.4 is 22.1 Å². The summed E-state index contributed by atoms with van der Waals surface area (Å²) in [4.78, 5) is 38.9. The van der Waals surface area contributed by atoms with E-state index in [1.807, 2.05) is 27.7 Å². The highest BCUT2D eigenvalue weighted by molar-refractivity contribution is 6.31. The maximum absolute atomic E-state index is 12.9. The number of nitrogens with one attached hydrogen (secondary N) is 2. The van der Waals surface area contributed by atoms with Crippen LogP contribution in [0.3, 0.4) is 0 Å². The fourth-order valence-corrected chi connectivity index (χ4v) is 3.54. The van der Waals surface area contributed by atoms with Crippen LogP contribution in [0.1, 0.15) is 64.9 Å². The second-order valence-electron chi connectivity index (χ2n) is 9.45. The molecular formula is C21H35ClN8O3. The zero-order valence-electron chi connectivity index (χ0n) is 20.1. The minimum atomic E-state index is -0.695. The number of amides is 2. The van der Waals surface area contributed by atoms with Crippen molar-refractivity contribution in [1.29, 1.82) is 0 Å². The van der Waals surface area contributed by atoms with Crippen LogP contribution in [0.4, 0.5) is 16.4 Å². The van der Waals surface area contributed by atoms with Gasteiger partial charge in [-0.25, -0.2) is 14.8 Å². The minimum Gasteiger partial charge on any atom is -0.444 e. The van der Waals surface area contributed by atoms with Gasteiger partial charge >= 0.3 is 12.0 Å². The number of aliphatic imine (C=N–C) groups is 1. The molecule has 1 aromatic heterocycles. The first-order valence-corrected chi connectivity index (χ1v) is 11.4. The maximum Gasteiger partial charge on any atom is 0.410 e. The number of hydrogen-bond acceptors (Lipinski definition) is 7. The van der Waals surface area contributed by atoms with Crippen LogP contribution in [-0.4, -0.2) is 63.6 Å². The van der Waals surface area contributed by atoms with Gasteiger partial charge in [0, 0.05) is 25.2 Å². The Balaban J connectivity index is 2.10. The number of ether oxygens (including phenoxy) is 1. The summed E-state index contributed by atoms with van der Waals surface area (Å²) in [5.74, 6) is -0.318. The molecular weight excluding hydrogens is 448 g/mol. The Morgan fingerprint density at radius 1 is 1.27 bits per heavy atom. The average molecular weight is 483 g/mol. The van der Waals surface area contributed by atoms with Gasteiger partial charge in [0.15, 0.2) is 28.4 Å². The van der Waals surface area contributed by atoms with E-state index in [0.29, 0.717) is 25.5 Å². The van der Waals surface area contributed by atoms with Gasteiger partial charge in [0.1, 0.15) is 5.60 Å². The molecule has 2 heterocycles. The van der Waals surface area contributed by atoms with Gasteiger partial charge in [-0.05, 0) is 39.5 Å². The quantitative estimate of drug-likeness (QED) is 0.457. The molecule has 0 spiro atoms. The Hall–Kier alpha value is -2.82. The number of anilines is 2. The third-order valence-corrected chi connectivity index (χ3v) is 5.11. The molecule has 1 aliphatic rings. The highest BCUT2D eigenvalue weighted by Gasteiger charge is 2.31. The summed E-state index contributed by atoms with van der Waals surface area (Å²) in [6, 6.07) is -0.0916. The summed E-state index contributed by atoms with van der Waals surface area (Å²) in [7, 11) is 0. The molecule has 1 fully saturated rings. The Bertz CT molecular complexity index is 900. The lowest BCUT2D eigenvalue weighted by atomic mass is 10.0. The number of nitrogens with two attached hydrogens (primary N) is 2. The fourth-order valence-electron chi connectivity index (χ4n) is 3.41. The molecule has 2 rings (SSSR count). The Labute approximate surface area is 199 Å². The van der Waals surface area contributed by atoms with E-state index in [1.165, 1.54) is 0 Å². The SMILES string of the molecule is CCC(CC1CN/C(=N\C(=O)c2nc(Cl)c(N)nc2N)N1)N(CC(C)C)C(=O)OC(C)(C)C. The summed E-state index contributed by atoms with van der Waals surface area (Å²) >= 11 is 5.85. The zero-order valence-corrected chi connectivity index (χ0v) is 20.9. The lowest BCUT2D eigenvalue weighted by molar-refractivity contribution is 0.0113. The van der Waals surface area contributed by atoms with E-state index in [1.54, 1.807) is 4.90 Å². The Kier molecular flexibility index (Phi) is 8.70. The van der Waals surface area contributed by atoms with Gasteiger partial charge in [0.05, 0.1) is 0 Å². The van der Waals surface area contributed by atoms with Crippen LogP contribution in [0.5, 0.6) is 0 Å². The smallest absolute Gasteiger partial charge is 0.410 e. The van der Waals surface area contributed by atoms with Gasteiger partial charge in [-0.3, -0.25) is 4.79 Å². The van der Waals surface area contributed by atoms with Crippen molar-refractivity contribution >= 4 is 41.2 Å². The predicted molar refractivity (Wildman–Crippen MR) is 129 cm³/mol. The summed E-state index contributed by atoms with van der Waals surface area (Å²) in [5.41, 5.74) is 10.5. The lowest BCUT2D eigenvalue weighted by Crippen LogP contribution is -2.47. The molecule has 12 heteroatoms. The van der Waals surface area contributed by atoms with E-state index < -0.39 is 11.5 Å². The van der Waals surface area contributed by atoms with Crippen molar-refractivity contribution < 1.29 is 14.3 Å². The van der Waals surface area contributed by atoms with Gasteiger partial charge in [0.25, 0.3) is 0 Å². The first-order chi connectivity index (χ1) is 15.3. The number of halogens is 1. The number of nitrogen functional groups attached to an aromatic ring is 2. The molecule has 0 radical (unpaired) electrons. The zero-order chi connectivity index (χ0) is 24.9. The largest absolute Gasteiger partial charge is 0.444 e. The van der Waals surface area contributed by atoms with Gasteiger partial charge in [-0.15, -0.1) is 0 Å². The van der Waals surface area contributed by atoms with Crippen LogP contribution in [0.15, 0.2) is 4.99 Å². The molecule has 6 N–H and O–H groups in total. The highest BCUT2D eigenvalue weighted by Crippen LogP contribution is 2.20. The molecule has 33 heavy (non-hydrogen) atoms. The van der Waals surface area contributed by atoms with Crippen LogP contribution in [0.25, 0.3) is 0 Å². The Morgan fingerprint density at radius 3 is 2.52 bits per heavy atom. The van der Waals surface area contributed by atoms with E-state index in [2.05, 4.69) is 39.4 Å². The average Bonchev–Trinajstić information content (AvgIpc) is 3.12. The molecule has 2 atom stereocenters. The fraction of sp³-hybridized carbons (Fsp3) is 0.667. The van der Waals surface area contributed by atoms with Crippen LogP contribution >= 0.6 is 11.6 Å². The van der Waals surface area contributed by atoms with Crippen molar-refractivity contribution in [3.8, 4) is 0 Å². The van der Waals surface area contributed by atoms with E-state index in [-0.39, 0.29) is 46.6 Å². The predicted octanol–water partition coefficient (Wildman–Crippen LogP) is 2.41. The number of guanidine groups is 1. The Morgan fingerprint density at radius 2 is 1.94 bits per heavy atom. The number of carbonyl (C=O) groups excluding carboxylic acids is 2. The molecule has 0 aliphatic carbocycles. The van der Waals surface area contributed by atoms with Crippen molar-refractivity contribution in [3.05, 3.63) is 10.8 Å². The molecule has 1 aromatic rings. The second kappa shape index (κ2) is 10.9. The molecule has 0 aromatic carbocycles. The molecule has 1 aliphatic heterocycles. The maximum atomic E-state index is 12.9. The van der Waals surface area contributed by atoms with Gasteiger partial charge in [-0.2, -0.15) is 4.99 Å². The third-order valence-electron chi connectivity index (χ3n) is 4.84. The topological polar surface area (TPSA) is 161 Å². The molecule has 2 unspecified atom stereocenters. The minimum absolute atomic E-state index is 0.0444. The number of rotatable bonds is 7. The standard InChI is InChI=1S/C21H35ClN8O3/c1-7-13(30(10-11(2)3)20(32)33-21(4,5)6)8-12-9-25-19(26-12)29-18(31)14-16(23)28-17(24)15(22)27-14/h11-13H,7-10H2,1-6H3,(H4,23,24,28)(H2,25,26,29,31). The lowest BCUT2D eigenvalue weighted by Gasteiger charge is -2.35. The van der Waals surface area contributed by atoms with Crippen molar-refractivity contribution in [1.82, 2.24) is 25.5 Å². The van der Waals surface area contributed by atoms with Crippen molar-refractivity contribution in [2.24, 2.45) is 10.9 Å². The monoisotopic (exact) mass is 482 g/mol. The van der Waals surface area contributed by atoms with Gasteiger partial charge < -0.3 is 31.7 Å². The van der Waals surface area contributed by atoms with Gasteiger partial charge in [-0.1, -0.05) is 32.4 Å². The van der Waals surface area contributed by atoms with Crippen molar-refractivity contribution in [2.45, 2.75) is 72.1 Å². The number of carbonyl (C=O) groups is 2. The number of nitrogens with zero attached hydrogens (tertiary/aromatic N) is 4. The summed E-state index contributed by atoms with van der Waals surface area (Å²) in [5, 5.41) is 6.14. The van der Waals surface area contributed by atoms with Crippen molar-refractivity contribution in [2.75, 3.05) is 24.6 Å². The summed E-state index contributed by atoms with van der Waals surface area (Å²) in [6.07, 6.45) is 1.08. The molecule has 0 saturated carbocycles. The first-order valence-electron chi connectivity index (χ1n) is 11.0. The second-order valence-corrected chi connectivity index (χ2v) is 9.80. The van der Waals surface area contributed by atoms with E-state index >= 15 is 0 Å². The van der Waals surface area contributed by atoms with Crippen LogP contribution in [-0.2, 0) is 4.74 Å². The molecule has 0 bridgehead atoms. The normalized spacial score (nSPS) is 18.1. The molecule has 11 nitrogen and oxygen atoms in total. The van der Waals surface area contributed by atoms with Crippen LogP contribution in [0, 0.1) is 5.92 Å². The van der Waals surface area contributed by atoms with E-state index in [0.717, 1.165) is 6.42 Å². The summed E-state index contributed by atoms with van der Waals surface area (Å²) < 4.78 is 5.64. The van der Waals surface area contributed by atoms with Crippen molar-refractivity contribution in [3.63, 3.8) is 0 Å². The van der Waals surface area contributed by atoms with Crippen LogP contribution in [0.2, 0.25) is 5.15 Å². The van der Waals surface area contributed by atoms with Gasteiger partial charge in [0.2, 0.25) is 0 Å². The molecule has 184 valence electrons. The number of hydrogen-bond donors (Lipinski definition) is 4. The third kappa shape index (κ3) is 7.62. The molecule has 2 amide bonds. The highest BCUT2D eigenvalue weighted by atomic mass is 35.5.